The molecule has 0 spiro atoms. The number of nitrogens with zero attached hydrogens (tertiary/aromatic N) is 1. The largest absolute Gasteiger partial charge is 0.496 e. The van der Waals surface area contributed by atoms with Crippen molar-refractivity contribution in [3.05, 3.63) is 27.3 Å². The average Bonchev–Trinajstić information content (AvgIpc) is 3.14. The number of halogens is 1. The Bertz CT molecular complexity index is 539. The van der Waals surface area contributed by atoms with Crippen LogP contribution in [0, 0.1) is 37.5 Å². The van der Waals surface area contributed by atoms with Crippen LogP contribution in [0.5, 0.6) is 5.75 Å². The fourth-order valence-electron chi connectivity index (χ4n) is 2.45. The molecule has 0 amide bonds. The van der Waals surface area contributed by atoms with E-state index in [-0.39, 0.29) is 5.41 Å². The molecule has 1 aromatic carbocycles. The smallest absolute Gasteiger partial charge is 0.125 e. The van der Waals surface area contributed by atoms with Gasteiger partial charge in [0, 0.05) is 10.6 Å². The zero-order valence-electron chi connectivity index (χ0n) is 11.4. The van der Waals surface area contributed by atoms with E-state index in [2.05, 4.69) is 6.07 Å². The highest BCUT2D eigenvalue weighted by Crippen LogP contribution is 2.50. The molecule has 2 rings (SSSR count). The zero-order chi connectivity index (χ0) is 13.5. The summed E-state index contributed by atoms with van der Waals surface area (Å²) in [6.07, 6.45) is 2.71. The molecule has 1 aliphatic carbocycles. The molecule has 1 aliphatic rings. The topological polar surface area (TPSA) is 33.0 Å². The van der Waals surface area contributed by atoms with Gasteiger partial charge in [-0.3, -0.25) is 0 Å². The molecular weight excluding hydrogens is 246 g/mol. The molecule has 1 aromatic rings. The Hall–Kier alpha value is -1.20. The maximum atomic E-state index is 9.24. The third kappa shape index (κ3) is 1.97. The Morgan fingerprint density at radius 1 is 1.22 bits per heavy atom. The van der Waals surface area contributed by atoms with Crippen molar-refractivity contribution < 1.29 is 4.74 Å². The van der Waals surface area contributed by atoms with Gasteiger partial charge in [0.05, 0.1) is 18.6 Å². The molecule has 0 radical (unpaired) electrons. The van der Waals surface area contributed by atoms with Crippen LogP contribution in [0.25, 0.3) is 0 Å². The van der Waals surface area contributed by atoms with Crippen LogP contribution in [0.1, 0.15) is 35.1 Å². The Kier molecular flexibility index (Phi) is 3.29. The minimum atomic E-state index is -0.178. The van der Waals surface area contributed by atoms with Crippen molar-refractivity contribution in [2.24, 2.45) is 5.41 Å². The van der Waals surface area contributed by atoms with E-state index in [9.17, 15) is 5.26 Å². The highest BCUT2D eigenvalue weighted by atomic mass is 35.5. The SMILES string of the molecule is COc1c(C)c(C)c(Cl)c(C)c1CC1(C#N)CC1. The summed E-state index contributed by atoms with van der Waals surface area (Å²) in [6.45, 7) is 6.04. The quantitative estimate of drug-likeness (QED) is 0.822. The summed E-state index contributed by atoms with van der Waals surface area (Å²) in [5.74, 6) is 0.899. The molecule has 18 heavy (non-hydrogen) atoms. The fraction of sp³-hybridized carbons (Fsp3) is 0.533. The van der Waals surface area contributed by atoms with E-state index < -0.39 is 0 Å². The van der Waals surface area contributed by atoms with Crippen LogP contribution in [0.3, 0.4) is 0 Å². The first-order valence-corrected chi connectivity index (χ1v) is 6.57. The average molecular weight is 264 g/mol. The summed E-state index contributed by atoms with van der Waals surface area (Å²) in [5.41, 5.74) is 4.12. The molecule has 3 heteroatoms. The normalized spacial score (nSPS) is 16.2. The first-order valence-electron chi connectivity index (χ1n) is 6.19. The maximum Gasteiger partial charge on any atom is 0.125 e. The van der Waals surface area contributed by atoms with Crippen molar-refractivity contribution >= 4 is 11.6 Å². The fourth-order valence-corrected chi connectivity index (χ4v) is 2.71. The maximum absolute atomic E-state index is 9.24. The second-order valence-electron chi connectivity index (χ2n) is 5.27. The van der Waals surface area contributed by atoms with Gasteiger partial charge in [-0.25, -0.2) is 0 Å². The molecule has 0 unspecified atom stereocenters. The van der Waals surface area contributed by atoms with Crippen molar-refractivity contribution in [2.75, 3.05) is 7.11 Å². The van der Waals surface area contributed by atoms with Gasteiger partial charge in [-0.1, -0.05) is 11.6 Å². The summed E-state index contributed by atoms with van der Waals surface area (Å²) in [6, 6.07) is 2.43. The van der Waals surface area contributed by atoms with Crippen LogP contribution in [0.4, 0.5) is 0 Å². The first kappa shape index (κ1) is 13.2. The zero-order valence-corrected chi connectivity index (χ0v) is 12.1. The van der Waals surface area contributed by atoms with Gasteiger partial charge in [0.2, 0.25) is 0 Å². The van der Waals surface area contributed by atoms with E-state index in [0.29, 0.717) is 0 Å². The van der Waals surface area contributed by atoms with Gasteiger partial charge in [-0.05, 0) is 56.7 Å². The van der Waals surface area contributed by atoms with E-state index in [1.165, 1.54) is 0 Å². The van der Waals surface area contributed by atoms with Gasteiger partial charge in [-0.2, -0.15) is 5.26 Å². The summed E-state index contributed by atoms with van der Waals surface area (Å²) in [5, 5.41) is 10.0. The lowest BCUT2D eigenvalue weighted by Gasteiger charge is -2.20. The summed E-state index contributed by atoms with van der Waals surface area (Å²) < 4.78 is 5.54. The Morgan fingerprint density at radius 3 is 2.28 bits per heavy atom. The number of ether oxygens (including phenoxy) is 1. The van der Waals surface area contributed by atoms with Gasteiger partial charge in [0.1, 0.15) is 5.75 Å². The van der Waals surface area contributed by atoms with Crippen LogP contribution in [0.2, 0.25) is 5.02 Å². The number of methoxy groups -OCH3 is 1. The number of hydrogen-bond acceptors (Lipinski definition) is 2. The van der Waals surface area contributed by atoms with Crippen LogP contribution >= 0.6 is 11.6 Å². The molecule has 0 aromatic heterocycles. The second kappa shape index (κ2) is 4.48. The number of nitriles is 1. The first-order chi connectivity index (χ1) is 8.45. The Morgan fingerprint density at radius 2 is 1.83 bits per heavy atom. The summed E-state index contributed by atoms with van der Waals surface area (Å²) >= 11 is 6.37. The molecular formula is C15H18ClNO. The minimum Gasteiger partial charge on any atom is -0.496 e. The number of rotatable bonds is 3. The molecule has 0 saturated heterocycles. The van der Waals surface area contributed by atoms with E-state index in [0.717, 1.165) is 52.3 Å². The van der Waals surface area contributed by atoms with Gasteiger partial charge < -0.3 is 4.74 Å². The van der Waals surface area contributed by atoms with Crippen LogP contribution in [-0.4, -0.2) is 7.11 Å². The predicted octanol–water partition coefficient (Wildman–Crippen LogP) is 4.12. The van der Waals surface area contributed by atoms with E-state index in [1.54, 1.807) is 7.11 Å². The van der Waals surface area contributed by atoms with Gasteiger partial charge in [0.15, 0.2) is 0 Å². The van der Waals surface area contributed by atoms with Crippen LogP contribution < -0.4 is 4.74 Å². The minimum absolute atomic E-state index is 0.178. The Balaban J connectivity index is 2.55. The van der Waals surface area contributed by atoms with Crippen molar-refractivity contribution in [3.63, 3.8) is 0 Å². The molecule has 0 atom stereocenters. The van der Waals surface area contributed by atoms with E-state index in [1.807, 2.05) is 20.8 Å². The molecule has 2 nitrogen and oxygen atoms in total. The monoisotopic (exact) mass is 263 g/mol. The van der Waals surface area contributed by atoms with Crippen LogP contribution in [0.15, 0.2) is 0 Å². The van der Waals surface area contributed by atoms with Gasteiger partial charge in [0.25, 0.3) is 0 Å². The Labute approximate surface area is 114 Å². The molecule has 0 N–H and O–H groups in total. The molecule has 1 saturated carbocycles. The van der Waals surface area contributed by atoms with Crippen molar-refractivity contribution in [1.82, 2.24) is 0 Å². The molecule has 0 bridgehead atoms. The summed E-state index contributed by atoms with van der Waals surface area (Å²) in [4.78, 5) is 0. The molecule has 0 aliphatic heterocycles. The molecule has 96 valence electrons. The highest BCUT2D eigenvalue weighted by molar-refractivity contribution is 6.32. The lowest BCUT2D eigenvalue weighted by atomic mass is 9.90. The van der Waals surface area contributed by atoms with E-state index >= 15 is 0 Å². The van der Waals surface area contributed by atoms with Crippen molar-refractivity contribution in [2.45, 2.75) is 40.0 Å². The van der Waals surface area contributed by atoms with Crippen molar-refractivity contribution in [3.8, 4) is 11.8 Å². The molecule has 1 fully saturated rings. The van der Waals surface area contributed by atoms with Gasteiger partial charge in [-0.15, -0.1) is 0 Å². The van der Waals surface area contributed by atoms with Gasteiger partial charge >= 0.3 is 0 Å². The third-order valence-corrected chi connectivity index (χ3v) is 4.67. The predicted molar refractivity (Wildman–Crippen MR) is 73.2 cm³/mol. The highest BCUT2D eigenvalue weighted by Gasteiger charge is 2.44. The van der Waals surface area contributed by atoms with E-state index in [4.69, 9.17) is 16.3 Å². The van der Waals surface area contributed by atoms with Crippen molar-refractivity contribution in [1.29, 1.82) is 5.26 Å². The second-order valence-corrected chi connectivity index (χ2v) is 5.65. The third-order valence-electron chi connectivity index (χ3n) is 4.10. The lowest BCUT2D eigenvalue weighted by Crippen LogP contribution is -2.08. The van der Waals surface area contributed by atoms with Crippen LogP contribution in [-0.2, 0) is 6.42 Å². The molecule has 0 heterocycles. The lowest BCUT2D eigenvalue weighted by molar-refractivity contribution is 0.402. The summed E-state index contributed by atoms with van der Waals surface area (Å²) in [7, 11) is 1.69. The number of benzene rings is 1. The standard InChI is InChI=1S/C15H18ClNO/c1-9-10(2)14(18-4)12(11(3)13(9)16)7-15(8-17)5-6-15/h5-7H2,1-4H3. The number of hydrogen-bond donors (Lipinski definition) is 0.